The Morgan fingerprint density at radius 2 is 2.14 bits per heavy atom. The number of rotatable bonds is 7. The lowest BCUT2D eigenvalue weighted by Crippen LogP contribution is -2.38. The second-order valence-corrected chi connectivity index (χ2v) is 6.13. The fourth-order valence-corrected chi connectivity index (χ4v) is 2.92. The van der Waals surface area contributed by atoms with Gasteiger partial charge in [-0.3, -0.25) is 4.79 Å². The van der Waals surface area contributed by atoms with Gasteiger partial charge in [0, 0.05) is 30.0 Å². The number of benzene rings is 1. The van der Waals surface area contributed by atoms with Crippen LogP contribution in [-0.4, -0.2) is 35.1 Å². The van der Waals surface area contributed by atoms with E-state index >= 15 is 0 Å². The van der Waals surface area contributed by atoms with Crippen LogP contribution in [0.2, 0.25) is 5.02 Å². The predicted octanol–water partition coefficient (Wildman–Crippen LogP) is 2.35. The average Bonchev–Trinajstić information content (AvgIpc) is 3.30. The van der Waals surface area contributed by atoms with E-state index < -0.39 is 0 Å². The molecule has 0 saturated heterocycles. The van der Waals surface area contributed by atoms with Crippen molar-refractivity contribution in [3.8, 4) is 0 Å². The lowest BCUT2D eigenvalue weighted by Gasteiger charge is -2.31. The van der Waals surface area contributed by atoms with Gasteiger partial charge >= 0.3 is 0 Å². The fraction of sp³-hybridized carbons (Fsp3) is 0.562. The third kappa shape index (κ3) is 3.96. The first kappa shape index (κ1) is 16.3. The molecule has 1 fully saturated rings. The maximum absolute atomic E-state index is 12.6. The molecule has 0 bridgehead atoms. The Kier molecular flexibility index (Phi) is 5.62. The zero-order valence-electron chi connectivity index (χ0n) is 12.3. The van der Waals surface area contributed by atoms with Gasteiger partial charge in [0.2, 0.25) is 5.91 Å². The van der Waals surface area contributed by atoms with Gasteiger partial charge in [-0.1, -0.05) is 29.8 Å². The number of hydrogen-bond acceptors (Lipinski definition) is 3. The molecule has 3 N–H and O–H groups in total. The summed E-state index contributed by atoms with van der Waals surface area (Å²) >= 11 is 6.26. The number of hydrogen-bond donors (Lipinski definition) is 2. The maximum Gasteiger partial charge on any atom is 0.223 e. The number of halogens is 1. The standard InChI is InChI=1S/C16H23ClN2O2/c1-11(14-4-2-3-5-15(14)17)19(13-6-7-13)16(21)8-12(9-18)10-20/h2-5,11-13,20H,6-10,18H2,1H3/t11-,12-/m1/s1. The number of carbonyl (C=O) groups excluding carboxylic acids is 1. The van der Waals surface area contributed by atoms with Crippen LogP contribution >= 0.6 is 11.6 Å². The number of carbonyl (C=O) groups is 1. The monoisotopic (exact) mass is 310 g/mol. The summed E-state index contributed by atoms with van der Waals surface area (Å²) in [6.07, 6.45) is 2.36. The topological polar surface area (TPSA) is 66.6 Å². The molecule has 1 aliphatic carbocycles. The normalized spacial score (nSPS) is 17.3. The average molecular weight is 311 g/mol. The summed E-state index contributed by atoms with van der Waals surface area (Å²) in [6, 6.07) is 7.86. The van der Waals surface area contributed by atoms with Crippen LogP contribution in [0.25, 0.3) is 0 Å². The first-order valence-corrected chi connectivity index (χ1v) is 7.82. The Labute approximate surface area is 130 Å². The first-order chi connectivity index (χ1) is 10.1. The van der Waals surface area contributed by atoms with E-state index in [0.29, 0.717) is 17.6 Å². The molecular formula is C16H23ClN2O2. The molecule has 1 saturated carbocycles. The van der Waals surface area contributed by atoms with Crippen LogP contribution < -0.4 is 5.73 Å². The quantitative estimate of drug-likeness (QED) is 0.812. The molecule has 2 atom stereocenters. The van der Waals surface area contributed by atoms with Crippen molar-refractivity contribution in [2.45, 2.75) is 38.3 Å². The van der Waals surface area contributed by atoms with Gasteiger partial charge in [0.1, 0.15) is 0 Å². The molecule has 0 unspecified atom stereocenters. The predicted molar refractivity (Wildman–Crippen MR) is 84.0 cm³/mol. The highest BCUT2D eigenvalue weighted by atomic mass is 35.5. The zero-order valence-corrected chi connectivity index (χ0v) is 13.1. The number of nitrogens with zero attached hydrogens (tertiary/aromatic N) is 1. The Hall–Kier alpha value is -1.10. The van der Waals surface area contributed by atoms with Crippen LogP contribution in [-0.2, 0) is 4.79 Å². The summed E-state index contributed by atoms with van der Waals surface area (Å²) in [5.74, 6) is -0.119. The second kappa shape index (κ2) is 7.25. The summed E-state index contributed by atoms with van der Waals surface area (Å²) in [7, 11) is 0. The summed E-state index contributed by atoms with van der Waals surface area (Å²) in [6.45, 7) is 2.27. The third-order valence-corrected chi connectivity index (χ3v) is 4.40. The first-order valence-electron chi connectivity index (χ1n) is 7.45. The van der Waals surface area contributed by atoms with Gasteiger partial charge in [-0.05, 0) is 37.9 Å². The van der Waals surface area contributed by atoms with E-state index in [-0.39, 0.29) is 30.9 Å². The molecule has 1 amide bonds. The van der Waals surface area contributed by atoms with Crippen molar-refractivity contribution in [2.75, 3.05) is 13.2 Å². The molecule has 0 aromatic heterocycles. The summed E-state index contributed by atoms with van der Waals surface area (Å²) < 4.78 is 0. The van der Waals surface area contributed by atoms with E-state index in [1.807, 2.05) is 36.1 Å². The third-order valence-electron chi connectivity index (χ3n) is 4.06. The molecule has 1 aromatic carbocycles. The minimum absolute atomic E-state index is 0.0504. The number of nitrogens with two attached hydrogens (primary N) is 1. The maximum atomic E-state index is 12.6. The number of amides is 1. The molecule has 5 heteroatoms. The number of aliphatic hydroxyl groups is 1. The van der Waals surface area contributed by atoms with Gasteiger partial charge in [0.25, 0.3) is 0 Å². The van der Waals surface area contributed by atoms with Crippen molar-refractivity contribution in [1.29, 1.82) is 0 Å². The Morgan fingerprint density at radius 3 is 2.67 bits per heavy atom. The van der Waals surface area contributed by atoms with Crippen LogP contribution in [0, 0.1) is 5.92 Å². The molecule has 1 aliphatic rings. The Balaban J connectivity index is 2.15. The van der Waals surface area contributed by atoms with Gasteiger partial charge in [0.15, 0.2) is 0 Å². The second-order valence-electron chi connectivity index (χ2n) is 5.72. The highest BCUT2D eigenvalue weighted by Crippen LogP contribution is 2.37. The highest BCUT2D eigenvalue weighted by Gasteiger charge is 2.37. The minimum atomic E-state index is -0.169. The molecule has 1 aromatic rings. The van der Waals surface area contributed by atoms with E-state index in [2.05, 4.69) is 0 Å². The van der Waals surface area contributed by atoms with Crippen LogP contribution in [0.5, 0.6) is 0 Å². The largest absolute Gasteiger partial charge is 0.396 e. The molecule has 0 radical (unpaired) electrons. The van der Waals surface area contributed by atoms with Crippen LogP contribution in [0.3, 0.4) is 0 Å². The van der Waals surface area contributed by atoms with Gasteiger partial charge in [-0.25, -0.2) is 0 Å². The smallest absolute Gasteiger partial charge is 0.223 e. The molecule has 0 spiro atoms. The van der Waals surface area contributed by atoms with Gasteiger partial charge in [-0.15, -0.1) is 0 Å². The van der Waals surface area contributed by atoms with Crippen molar-refractivity contribution in [1.82, 2.24) is 4.90 Å². The fourth-order valence-electron chi connectivity index (χ4n) is 2.63. The van der Waals surface area contributed by atoms with E-state index in [4.69, 9.17) is 17.3 Å². The highest BCUT2D eigenvalue weighted by molar-refractivity contribution is 6.31. The minimum Gasteiger partial charge on any atom is -0.396 e. The van der Waals surface area contributed by atoms with Crippen molar-refractivity contribution >= 4 is 17.5 Å². The molecular weight excluding hydrogens is 288 g/mol. The molecule has 4 nitrogen and oxygen atoms in total. The van der Waals surface area contributed by atoms with Crippen LogP contribution in [0.15, 0.2) is 24.3 Å². The molecule has 0 heterocycles. The van der Waals surface area contributed by atoms with Gasteiger partial charge in [0.05, 0.1) is 6.04 Å². The van der Waals surface area contributed by atoms with E-state index in [1.54, 1.807) is 0 Å². The molecule has 2 rings (SSSR count). The summed E-state index contributed by atoms with van der Waals surface area (Å²) in [4.78, 5) is 14.5. The van der Waals surface area contributed by atoms with E-state index in [9.17, 15) is 9.90 Å². The van der Waals surface area contributed by atoms with Crippen molar-refractivity contribution in [3.05, 3.63) is 34.9 Å². The van der Waals surface area contributed by atoms with Gasteiger partial charge in [-0.2, -0.15) is 0 Å². The SMILES string of the molecule is C[C@H](c1ccccc1Cl)N(C(=O)C[C@H](CN)CO)C1CC1. The molecule has 21 heavy (non-hydrogen) atoms. The lowest BCUT2D eigenvalue weighted by atomic mass is 10.0. The zero-order chi connectivity index (χ0) is 15.4. The molecule has 0 aliphatic heterocycles. The van der Waals surface area contributed by atoms with E-state index in [1.165, 1.54) is 0 Å². The van der Waals surface area contributed by atoms with Gasteiger partial charge < -0.3 is 15.7 Å². The summed E-state index contributed by atoms with van der Waals surface area (Å²) in [5.41, 5.74) is 6.55. The Morgan fingerprint density at radius 1 is 1.48 bits per heavy atom. The summed E-state index contributed by atoms with van der Waals surface area (Å²) in [5, 5.41) is 9.92. The van der Waals surface area contributed by atoms with Crippen LogP contribution in [0.1, 0.15) is 37.8 Å². The molecule has 116 valence electrons. The lowest BCUT2D eigenvalue weighted by molar-refractivity contribution is -0.135. The Bertz CT molecular complexity index is 487. The van der Waals surface area contributed by atoms with Crippen molar-refractivity contribution < 1.29 is 9.90 Å². The number of aliphatic hydroxyl groups excluding tert-OH is 1. The van der Waals surface area contributed by atoms with Crippen molar-refractivity contribution in [3.63, 3.8) is 0 Å². The van der Waals surface area contributed by atoms with E-state index in [0.717, 1.165) is 18.4 Å². The van der Waals surface area contributed by atoms with Crippen molar-refractivity contribution in [2.24, 2.45) is 11.7 Å². The van der Waals surface area contributed by atoms with Crippen LogP contribution in [0.4, 0.5) is 0 Å².